The predicted octanol–water partition coefficient (Wildman–Crippen LogP) is 4.07. The quantitative estimate of drug-likeness (QED) is 0.602. The monoisotopic (exact) mass is 290 g/mol. The summed E-state index contributed by atoms with van der Waals surface area (Å²) < 4.78 is 26.2. The number of carbonyl (C=O) groups is 1. The molecule has 0 atom stereocenters. The van der Waals surface area contributed by atoms with E-state index in [-0.39, 0.29) is 4.88 Å². The van der Waals surface area contributed by atoms with Crippen molar-refractivity contribution in [2.45, 2.75) is 4.83 Å². The van der Waals surface area contributed by atoms with Crippen LogP contribution in [0.15, 0.2) is 30.3 Å². The van der Waals surface area contributed by atoms with Gasteiger partial charge in [-0.1, -0.05) is 18.2 Å². The number of fused-ring (bicyclic) bond motifs is 1. The topological polar surface area (TPSA) is 17.1 Å². The zero-order valence-electron chi connectivity index (χ0n) is 7.34. The van der Waals surface area contributed by atoms with Crippen molar-refractivity contribution in [2.24, 2.45) is 0 Å². The summed E-state index contributed by atoms with van der Waals surface area (Å²) >= 11 is 3.13. The van der Waals surface area contributed by atoms with Gasteiger partial charge in [0.25, 0.3) is 5.78 Å². The molecule has 0 N–H and O–H groups in total. The third kappa shape index (κ3) is 2.08. The minimum Gasteiger partial charge on any atom is -0.285 e. The molecule has 0 bridgehead atoms. The van der Waals surface area contributed by atoms with E-state index in [0.29, 0.717) is 0 Å². The SMILES string of the molecule is O=C(c1cc2ccccc2s1)C(F)(F)Br. The highest BCUT2D eigenvalue weighted by atomic mass is 79.9. The lowest BCUT2D eigenvalue weighted by molar-refractivity contribution is 0.0597. The minimum absolute atomic E-state index is 0.0677. The first-order valence-corrected chi connectivity index (χ1v) is 5.69. The molecule has 0 fully saturated rings. The normalized spacial score (nSPS) is 11.9. The molecule has 0 unspecified atom stereocenters. The van der Waals surface area contributed by atoms with Crippen LogP contribution in [0.4, 0.5) is 8.78 Å². The first-order valence-electron chi connectivity index (χ1n) is 4.08. The van der Waals surface area contributed by atoms with Crippen molar-refractivity contribution in [2.75, 3.05) is 0 Å². The molecule has 1 aromatic heterocycles. The van der Waals surface area contributed by atoms with Crippen molar-refractivity contribution in [1.29, 1.82) is 0 Å². The molecular formula is C10H5BrF2OS. The average molecular weight is 291 g/mol. The summed E-state index contributed by atoms with van der Waals surface area (Å²) in [6, 6.07) is 8.67. The van der Waals surface area contributed by atoms with Gasteiger partial charge in [0.15, 0.2) is 0 Å². The molecule has 1 aromatic carbocycles. The second-order valence-electron chi connectivity index (χ2n) is 2.98. The molecule has 1 nitrogen and oxygen atoms in total. The molecule has 0 spiro atoms. The molecule has 2 aromatic rings. The number of thiophene rings is 1. The van der Waals surface area contributed by atoms with Gasteiger partial charge in [0.05, 0.1) is 4.88 Å². The molecule has 15 heavy (non-hydrogen) atoms. The molecule has 0 radical (unpaired) electrons. The van der Waals surface area contributed by atoms with Crippen LogP contribution in [0.3, 0.4) is 0 Å². The van der Waals surface area contributed by atoms with E-state index in [0.717, 1.165) is 21.4 Å². The molecule has 78 valence electrons. The lowest BCUT2D eigenvalue weighted by atomic mass is 10.2. The van der Waals surface area contributed by atoms with E-state index in [1.54, 1.807) is 24.3 Å². The van der Waals surface area contributed by atoms with Crippen LogP contribution in [-0.2, 0) is 0 Å². The fraction of sp³-hybridized carbons (Fsp3) is 0.100. The Kier molecular flexibility index (Phi) is 2.60. The van der Waals surface area contributed by atoms with Gasteiger partial charge >= 0.3 is 4.83 Å². The molecule has 0 saturated heterocycles. The Hall–Kier alpha value is -0.810. The van der Waals surface area contributed by atoms with Crippen molar-refractivity contribution in [3.63, 3.8) is 0 Å². The van der Waals surface area contributed by atoms with Crippen LogP contribution in [0.25, 0.3) is 10.1 Å². The first kappa shape index (κ1) is 10.7. The summed E-state index contributed by atoms with van der Waals surface area (Å²) in [5.74, 6) is -1.19. The van der Waals surface area contributed by atoms with E-state index in [1.165, 1.54) is 6.07 Å². The number of alkyl halides is 3. The smallest absolute Gasteiger partial charge is 0.285 e. The molecule has 1 heterocycles. The Morgan fingerprint density at radius 1 is 1.33 bits per heavy atom. The summed E-state index contributed by atoms with van der Waals surface area (Å²) in [5.41, 5.74) is 0. The summed E-state index contributed by atoms with van der Waals surface area (Å²) in [6.07, 6.45) is 0. The summed E-state index contributed by atoms with van der Waals surface area (Å²) in [6.45, 7) is 0. The highest BCUT2D eigenvalue weighted by Gasteiger charge is 2.36. The van der Waals surface area contributed by atoms with E-state index in [1.807, 2.05) is 0 Å². The summed E-state index contributed by atoms with van der Waals surface area (Å²) in [5, 5.41) is 0.808. The van der Waals surface area contributed by atoms with Crippen LogP contribution in [0, 0.1) is 0 Å². The van der Waals surface area contributed by atoms with Crippen LogP contribution in [0.2, 0.25) is 0 Å². The van der Waals surface area contributed by atoms with E-state index in [9.17, 15) is 13.6 Å². The Bertz CT molecular complexity index is 482. The van der Waals surface area contributed by atoms with Crippen molar-refractivity contribution in [1.82, 2.24) is 0 Å². The number of Topliss-reactive ketones (excluding diaryl/α,β-unsaturated/α-hetero) is 1. The van der Waals surface area contributed by atoms with Crippen molar-refractivity contribution >= 4 is 43.1 Å². The second kappa shape index (κ2) is 3.64. The molecular weight excluding hydrogens is 286 g/mol. The lowest BCUT2D eigenvalue weighted by Crippen LogP contribution is -2.19. The van der Waals surface area contributed by atoms with Crippen molar-refractivity contribution in [3.8, 4) is 0 Å². The highest BCUT2D eigenvalue weighted by molar-refractivity contribution is 9.10. The van der Waals surface area contributed by atoms with Gasteiger partial charge in [0.1, 0.15) is 0 Å². The molecule has 5 heteroatoms. The van der Waals surface area contributed by atoms with Crippen LogP contribution in [-0.4, -0.2) is 10.6 Å². The zero-order valence-corrected chi connectivity index (χ0v) is 9.74. The van der Waals surface area contributed by atoms with Gasteiger partial charge in [-0.05, 0) is 33.4 Å². The number of hydrogen-bond donors (Lipinski definition) is 0. The predicted molar refractivity (Wildman–Crippen MR) is 60.0 cm³/mol. The van der Waals surface area contributed by atoms with Gasteiger partial charge < -0.3 is 0 Å². The molecule has 0 amide bonds. The largest absolute Gasteiger partial charge is 0.363 e. The van der Waals surface area contributed by atoms with Crippen LogP contribution in [0.5, 0.6) is 0 Å². The first-order chi connectivity index (χ1) is 6.98. The zero-order chi connectivity index (χ0) is 11.1. The van der Waals surface area contributed by atoms with Crippen molar-refractivity contribution in [3.05, 3.63) is 35.2 Å². The molecule has 2 rings (SSSR count). The molecule has 0 aliphatic carbocycles. The van der Waals surface area contributed by atoms with E-state index in [4.69, 9.17) is 0 Å². The standard InChI is InChI=1S/C10H5BrF2OS/c11-10(12,13)9(14)8-5-6-3-1-2-4-7(6)15-8/h1-5H. The van der Waals surface area contributed by atoms with Gasteiger partial charge in [-0.2, -0.15) is 8.78 Å². The van der Waals surface area contributed by atoms with Gasteiger partial charge in [-0.3, -0.25) is 4.79 Å². The maximum absolute atomic E-state index is 12.7. The lowest BCUT2D eigenvalue weighted by Gasteiger charge is -2.03. The molecule has 0 aliphatic rings. The number of rotatable bonds is 2. The Labute approximate surface area is 96.8 Å². The van der Waals surface area contributed by atoms with Crippen LogP contribution < -0.4 is 0 Å². The number of benzene rings is 1. The number of halogens is 3. The van der Waals surface area contributed by atoms with Gasteiger partial charge in [-0.15, -0.1) is 11.3 Å². The van der Waals surface area contributed by atoms with Gasteiger partial charge in [0.2, 0.25) is 0 Å². The second-order valence-corrected chi connectivity index (χ2v) is 5.06. The third-order valence-electron chi connectivity index (χ3n) is 1.91. The number of ketones is 1. The van der Waals surface area contributed by atoms with Crippen molar-refractivity contribution < 1.29 is 13.6 Å². The van der Waals surface area contributed by atoms with Gasteiger partial charge in [0, 0.05) is 4.70 Å². The number of carbonyl (C=O) groups excluding carboxylic acids is 1. The maximum atomic E-state index is 12.7. The summed E-state index contributed by atoms with van der Waals surface area (Å²) in [7, 11) is 0. The summed E-state index contributed by atoms with van der Waals surface area (Å²) in [4.78, 5) is 7.84. The fourth-order valence-electron chi connectivity index (χ4n) is 1.23. The van der Waals surface area contributed by atoms with Crippen LogP contribution in [0.1, 0.15) is 9.67 Å². The van der Waals surface area contributed by atoms with Gasteiger partial charge in [-0.25, -0.2) is 0 Å². The maximum Gasteiger partial charge on any atom is 0.363 e. The van der Waals surface area contributed by atoms with E-state index in [2.05, 4.69) is 15.9 Å². The molecule has 0 saturated carbocycles. The molecule has 0 aliphatic heterocycles. The minimum atomic E-state index is -3.48. The Morgan fingerprint density at radius 2 is 2.00 bits per heavy atom. The highest BCUT2D eigenvalue weighted by Crippen LogP contribution is 2.32. The Balaban J connectivity index is 2.50. The fourth-order valence-corrected chi connectivity index (χ4v) is 2.61. The third-order valence-corrected chi connectivity index (χ3v) is 3.38. The van der Waals surface area contributed by atoms with E-state index >= 15 is 0 Å². The average Bonchev–Trinajstić information content (AvgIpc) is 2.58. The Morgan fingerprint density at radius 3 is 2.60 bits per heavy atom. The van der Waals surface area contributed by atoms with E-state index < -0.39 is 10.6 Å². The number of hydrogen-bond acceptors (Lipinski definition) is 2. The van der Waals surface area contributed by atoms with Crippen LogP contribution >= 0.6 is 27.3 Å².